The van der Waals surface area contributed by atoms with Crippen molar-refractivity contribution in [3.63, 3.8) is 0 Å². The number of rotatable bonds is 2. The van der Waals surface area contributed by atoms with Crippen molar-refractivity contribution in [1.82, 2.24) is 14.8 Å². The summed E-state index contributed by atoms with van der Waals surface area (Å²) in [6, 6.07) is 5.21. The Balaban J connectivity index is 1.98. The molecule has 126 valence electrons. The molecule has 1 aliphatic rings. The highest BCUT2D eigenvalue weighted by molar-refractivity contribution is 9.10. The molecule has 1 saturated heterocycles. The molecule has 0 aliphatic carbocycles. The van der Waals surface area contributed by atoms with Gasteiger partial charge in [0.2, 0.25) is 0 Å². The van der Waals surface area contributed by atoms with E-state index in [-0.39, 0.29) is 18.0 Å². The standard InChI is InChI=1S/C16H22BrN3O3/c1-16(2,3)23-15(22)19(4)11-8-9-20(10-11)14(21)12-6-5-7-13(17)18-12/h5-7,11H,8-10H2,1-4H3. The van der Waals surface area contributed by atoms with Crippen LogP contribution >= 0.6 is 15.9 Å². The monoisotopic (exact) mass is 383 g/mol. The van der Waals surface area contributed by atoms with Crippen LogP contribution < -0.4 is 0 Å². The van der Waals surface area contributed by atoms with E-state index in [4.69, 9.17) is 4.74 Å². The van der Waals surface area contributed by atoms with Gasteiger partial charge in [-0.1, -0.05) is 6.07 Å². The molecule has 7 heteroatoms. The Labute approximate surface area is 144 Å². The Bertz CT molecular complexity index is 600. The van der Waals surface area contributed by atoms with Gasteiger partial charge in [0.05, 0.1) is 6.04 Å². The molecule has 1 aromatic heterocycles. The molecule has 1 unspecified atom stereocenters. The van der Waals surface area contributed by atoms with E-state index in [1.807, 2.05) is 20.8 Å². The first-order chi connectivity index (χ1) is 10.7. The van der Waals surface area contributed by atoms with Crippen LogP contribution in [0.2, 0.25) is 0 Å². The normalized spacial score (nSPS) is 18.0. The van der Waals surface area contributed by atoms with Crippen molar-refractivity contribution in [1.29, 1.82) is 0 Å². The maximum Gasteiger partial charge on any atom is 0.410 e. The van der Waals surface area contributed by atoms with Crippen LogP contribution in [0, 0.1) is 0 Å². The van der Waals surface area contributed by atoms with Gasteiger partial charge in [0.15, 0.2) is 0 Å². The molecule has 1 aromatic rings. The highest BCUT2D eigenvalue weighted by Crippen LogP contribution is 2.19. The molecule has 0 spiro atoms. The maximum atomic E-state index is 12.5. The Morgan fingerprint density at radius 3 is 2.70 bits per heavy atom. The number of nitrogens with zero attached hydrogens (tertiary/aromatic N) is 3. The van der Waals surface area contributed by atoms with E-state index in [9.17, 15) is 9.59 Å². The quantitative estimate of drug-likeness (QED) is 0.736. The zero-order valence-corrected chi connectivity index (χ0v) is 15.5. The number of likely N-dealkylation sites (tertiary alicyclic amines) is 1. The van der Waals surface area contributed by atoms with Crippen molar-refractivity contribution in [2.75, 3.05) is 20.1 Å². The first-order valence-corrected chi connectivity index (χ1v) is 8.34. The van der Waals surface area contributed by atoms with E-state index in [0.717, 1.165) is 6.42 Å². The topological polar surface area (TPSA) is 62.7 Å². The molecule has 2 heterocycles. The first kappa shape index (κ1) is 17.7. The van der Waals surface area contributed by atoms with Gasteiger partial charge in [-0.25, -0.2) is 9.78 Å². The van der Waals surface area contributed by atoms with Gasteiger partial charge in [0.25, 0.3) is 5.91 Å². The summed E-state index contributed by atoms with van der Waals surface area (Å²) >= 11 is 3.27. The van der Waals surface area contributed by atoms with Crippen LogP contribution in [0.15, 0.2) is 22.8 Å². The minimum absolute atomic E-state index is 0.0408. The van der Waals surface area contributed by atoms with Gasteiger partial charge in [-0.05, 0) is 55.3 Å². The number of ether oxygens (including phenoxy) is 1. The number of halogens is 1. The lowest BCUT2D eigenvalue weighted by molar-refractivity contribution is 0.0226. The zero-order chi connectivity index (χ0) is 17.2. The van der Waals surface area contributed by atoms with Crippen LogP contribution in [0.1, 0.15) is 37.7 Å². The Morgan fingerprint density at radius 2 is 2.09 bits per heavy atom. The molecule has 0 bridgehead atoms. The van der Waals surface area contributed by atoms with Crippen molar-refractivity contribution in [2.45, 2.75) is 38.8 Å². The minimum Gasteiger partial charge on any atom is -0.444 e. The lowest BCUT2D eigenvalue weighted by atomic mass is 10.2. The molecule has 0 radical (unpaired) electrons. The third kappa shape index (κ3) is 4.67. The van der Waals surface area contributed by atoms with Crippen LogP contribution in [-0.2, 0) is 4.74 Å². The van der Waals surface area contributed by atoms with Gasteiger partial charge in [-0.15, -0.1) is 0 Å². The van der Waals surface area contributed by atoms with Gasteiger partial charge in [-0.2, -0.15) is 0 Å². The van der Waals surface area contributed by atoms with Crippen LogP contribution in [-0.4, -0.2) is 58.6 Å². The lowest BCUT2D eigenvalue weighted by Gasteiger charge is -2.28. The first-order valence-electron chi connectivity index (χ1n) is 7.55. The van der Waals surface area contributed by atoms with Crippen LogP contribution in [0.4, 0.5) is 4.79 Å². The summed E-state index contributed by atoms with van der Waals surface area (Å²) in [5.41, 5.74) is -0.125. The van der Waals surface area contributed by atoms with Crippen molar-refractivity contribution >= 4 is 27.9 Å². The third-order valence-electron chi connectivity index (χ3n) is 3.61. The van der Waals surface area contributed by atoms with Gasteiger partial charge >= 0.3 is 6.09 Å². The second-order valence-electron chi connectivity index (χ2n) is 6.63. The third-order valence-corrected chi connectivity index (χ3v) is 4.06. The fourth-order valence-electron chi connectivity index (χ4n) is 2.41. The Kier molecular flexibility index (Phi) is 5.29. The summed E-state index contributed by atoms with van der Waals surface area (Å²) in [5, 5.41) is 0. The van der Waals surface area contributed by atoms with Crippen molar-refractivity contribution in [2.24, 2.45) is 0 Å². The summed E-state index contributed by atoms with van der Waals surface area (Å²) in [6.07, 6.45) is 0.368. The second kappa shape index (κ2) is 6.86. The number of pyridine rings is 1. The van der Waals surface area contributed by atoms with Crippen LogP contribution in [0.25, 0.3) is 0 Å². The molecule has 6 nitrogen and oxygen atoms in total. The van der Waals surface area contributed by atoms with Crippen molar-refractivity contribution in [3.8, 4) is 0 Å². The van der Waals surface area contributed by atoms with Gasteiger partial charge in [-0.3, -0.25) is 4.79 Å². The fraction of sp³-hybridized carbons (Fsp3) is 0.562. The molecule has 2 rings (SSSR count). The van der Waals surface area contributed by atoms with E-state index in [2.05, 4.69) is 20.9 Å². The highest BCUT2D eigenvalue weighted by atomic mass is 79.9. The number of likely N-dealkylation sites (N-methyl/N-ethyl adjacent to an activating group) is 1. The van der Waals surface area contributed by atoms with Crippen molar-refractivity contribution < 1.29 is 14.3 Å². The highest BCUT2D eigenvalue weighted by Gasteiger charge is 2.33. The molecular formula is C16H22BrN3O3. The Hall–Kier alpha value is -1.63. The zero-order valence-electron chi connectivity index (χ0n) is 13.9. The molecule has 2 amide bonds. The number of hydrogen-bond acceptors (Lipinski definition) is 4. The molecule has 1 fully saturated rings. The van der Waals surface area contributed by atoms with E-state index in [1.165, 1.54) is 0 Å². The summed E-state index contributed by atoms with van der Waals surface area (Å²) in [6.45, 7) is 6.60. The predicted molar refractivity (Wildman–Crippen MR) is 90.2 cm³/mol. The summed E-state index contributed by atoms with van der Waals surface area (Å²) in [4.78, 5) is 32.1. The molecule has 0 aromatic carbocycles. The Morgan fingerprint density at radius 1 is 1.39 bits per heavy atom. The lowest BCUT2D eigenvalue weighted by Crippen LogP contribution is -2.42. The van der Waals surface area contributed by atoms with Gasteiger partial charge in [0.1, 0.15) is 15.9 Å². The summed E-state index contributed by atoms with van der Waals surface area (Å²) in [5.74, 6) is -0.119. The average molecular weight is 384 g/mol. The van der Waals surface area contributed by atoms with E-state index in [0.29, 0.717) is 23.4 Å². The second-order valence-corrected chi connectivity index (χ2v) is 7.44. The summed E-state index contributed by atoms with van der Waals surface area (Å²) < 4.78 is 6.00. The minimum atomic E-state index is -0.528. The predicted octanol–water partition coefficient (Wildman–Crippen LogP) is 2.93. The maximum absolute atomic E-state index is 12.5. The molecule has 23 heavy (non-hydrogen) atoms. The van der Waals surface area contributed by atoms with Crippen LogP contribution in [0.3, 0.4) is 0 Å². The number of aromatic nitrogens is 1. The average Bonchev–Trinajstić information content (AvgIpc) is 2.93. The molecular weight excluding hydrogens is 362 g/mol. The van der Waals surface area contributed by atoms with Crippen LogP contribution in [0.5, 0.6) is 0 Å². The van der Waals surface area contributed by atoms with E-state index >= 15 is 0 Å². The smallest absolute Gasteiger partial charge is 0.410 e. The summed E-state index contributed by atoms with van der Waals surface area (Å²) in [7, 11) is 1.71. The largest absolute Gasteiger partial charge is 0.444 e. The van der Waals surface area contributed by atoms with Gasteiger partial charge in [0, 0.05) is 20.1 Å². The number of amides is 2. The van der Waals surface area contributed by atoms with E-state index in [1.54, 1.807) is 35.0 Å². The van der Waals surface area contributed by atoms with E-state index < -0.39 is 5.60 Å². The van der Waals surface area contributed by atoms with Crippen molar-refractivity contribution in [3.05, 3.63) is 28.5 Å². The van der Waals surface area contributed by atoms with Gasteiger partial charge < -0.3 is 14.5 Å². The number of hydrogen-bond donors (Lipinski definition) is 0. The molecule has 1 atom stereocenters. The number of carbonyl (C=O) groups is 2. The molecule has 0 N–H and O–H groups in total. The molecule has 1 aliphatic heterocycles. The fourth-order valence-corrected chi connectivity index (χ4v) is 2.76. The molecule has 0 saturated carbocycles. The number of carbonyl (C=O) groups excluding carboxylic acids is 2. The SMILES string of the molecule is CN(C(=O)OC(C)(C)C)C1CCN(C(=O)c2cccc(Br)n2)C1.